The molecule has 0 N–H and O–H groups in total. The molecule has 0 spiro atoms. The van der Waals surface area contributed by atoms with E-state index >= 15 is 8.63 Å². The Morgan fingerprint density at radius 2 is 1.81 bits per heavy atom. The van der Waals surface area contributed by atoms with Gasteiger partial charge in [-0.05, 0) is 66.8 Å². The summed E-state index contributed by atoms with van der Waals surface area (Å²) in [5.41, 5.74) is 8.85. The first-order chi connectivity index (χ1) is 14.8. The molecule has 3 aromatic rings. The summed E-state index contributed by atoms with van der Waals surface area (Å²) >= 11 is 0. The molecule has 31 heavy (non-hydrogen) atoms. The molecule has 5 rings (SSSR count). The van der Waals surface area contributed by atoms with Gasteiger partial charge in [-0.1, -0.05) is 26.0 Å². The van der Waals surface area contributed by atoms with Crippen molar-refractivity contribution in [3.63, 3.8) is 0 Å². The fourth-order valence-corrected chi connectivity index (χ4v) is 5.74. The van der Waals surface area contributed by atoms with Crippen LogP contribution in [-0.4, -0.2) is 32.0 Å². The van der Waals surface area contributed by atoms with Gasteiger partial charge in [0, 0.05) is 29.3 Å². The first-order valence-corrected chi connectivity index (χ1v) is 10.8. The second kappa shape index (κ2) is 6.49. The number of aromatic nitrogens is 3. The van der Waals surface area contributed by atoms with E-state index in [-0.39, 0.29) is 0 Å². The standard InChI is InChI=1S/C23H25BF2N4O/c1-7-16-12(3)22-20(18-10-9-11-19-21(18)28-31-27-19)23-13(4)17(8-2)15(6)30(23)24(25,26)29(22)14(16)5/h9-11H,7-8H2,1-6H3. The smallest absolute Gasteiger partial charge is 0.393 e. The summed E-state index contributed by atoms with van der Waals surface area (Å²) in [4.78, 5) is 0. The average molecular weight is 422 g/mol. The molecule has 8 heteroatoms. The van der Waals surface area contributed by atoms with E-state index in [0.29, 0.717) is 46.7 Å². The zero-order chi connectivity index (χ0) is 22.2. The van der Waals surface area contributed by atoms with Crippen molar-refractivity contribution in [2.24, 2.45) is 0 Å². The number of fused-ring (bicyclic) bond motifs is 3. The minimum Gasteiger partial charge on any atom is -0.393 e. The van der Waals surface area contributed by atoms with Crippen molar-refractivity contribution in [2.45, 2.75) is 54.4 Å². The van der Waals surface area contributed by atoms with Gasteiger partial charge in [-0.15, -0.1) is 0 Å². The molecule has 0 amide bonds. The predicted octanol–water partition coefficient (Wildman–Crippen LogP) is 5.41. The third kappa shape index (κ3) is 2.33. The maximum Gasteiger partial charge on any atom is 0.737 e. The van der Waals surface area contributed by atoms with Gasteiger partial charge >= 0.3 is 6.97 Å². The quantitative estimate of drug-likeness (QED) is 0.530. The second-order valence-corrected chi connectivity index (χ2v) is 8.42. The van der Waals surface area contributed by atoms with Crippen molar-refractivity contribution >= 4 is 29.3 Å². The molecule has 0 fully saturated rings. The molecule has 2 aromatic heterocycles. The summed E-state index contributed by atoms with van der Waals surface area (Å²) < 4.78 is 40.0. The summed E-state index contributed by atoms with van der Waals surface area (Å²) in [6.07, 6.45) is 1.39. The van der Waals surface area contributed by atoms with Crippen LogP contribution in [0.15, 0.2) is 39.7 Å². The first-order valence-electron chi connectivity index (χ1n) is 10.8. The number of nitrogens with zero attached hydrogens (tertiary/aromatic N) is 4. The molecule has 0 saturated carbocycles. The lowest BCUT2D eigenvalue weighted by atomic mass is 9.83. The summed E-state index contributed by atoms with van der Waals surface area (Å²) in [6, 6.07) is 5.62. The molecule has 160 valence electrons. The Morgan fingerprint density at radius 3 is 2.48 bits per heavy atom. The van der Waals surface area contributed by atoms with E-state index in [0.717, 1.165) is 33.4 Å². The van der Waals surface area contributed by atoms with E-state index in [2.05, 4.69) is 10.3 Å². The van der Waals surface area contributed by atoms with Crippen molar-refractivity contribution < 1.29 is 17.7 Å². The highest BCUT2D eigenvalue weighted by Gasteiger charge is 2.56. The fourth-order valence-electron chi connectivity index (χ4n) is 5.74. The maximum absolute atomic E-state index is 16.2. The molecule has 0 atom stereocenters. The van der Waals surface area contributed by atoms with Gasteiger partial charge in [0.2, 0.25) is 0 Å². The Labute approximate surface area is 179 Å². The van der Waals surface area contributed by atoms with Crippen LogP contribution in [0.3, 0.4) is 0 Å². The third-order valence-electron chi connectivity index (χ3n) is 7.05. The Hall–Kier alpha value is -3.03. The third-order valence-corrected chi connectivity index (χ3v) is 7.05. The maximum atomic E-state index is 16.2. The van der Waals surface area contributed by atoms with Crippen LogP contribution in [0.1, 0.15) is 62.2 Å². The molecule has 4 heterocycles. The summed E-state index contributed by atoms with van der Waals surface area (Å²) in [5, 5.41) is 8.11. The van der Waals surface area contributed by atoms with Crippen molar-refractivity contribution in [2.75, 3.05) is 0 Å². The highest BCUT2D eigenvalue weighted by molar-refractivity contribution is 6.58. The van der Waals surface area contributed by atoms with Crippen LogP contribution < -0.4 is 0 Å². The molecule has 0 saturated heterocycles. The van der Waals surface area contributed by atoms with Crippen molar-refractivity contribution in [1.29, 1.82) is 0 Å². The summed E-state index contributed by atoms with van der Waals surface area (Å²) in [6.45, 7) is 7.50. The molecule has 0 aliphatic carbocycles. The van der Waals surface area contributed by atoms with E-state index in [1.807, 2.05) is 45.9 Å². The van der Waals surface area contributed by atoms with Crippen LogP contribution in [0.2, 0.25) is 0 Å². The molecule has 0 unspecified atom stereocenters. The lowest BCUT2D eigenvalue weighted by molar-refractivity contribution is -0.363. The Balaban J connectivity index is 2.03. The largest absolute Gasteiger partial charge is 0.737 e. The van der Waals surface area contributed by atoms with Crippen molar-refractivity contribution in [1.82, 2.24) is 14.8 Å². The van der Waals surface area contributed by atoms with Crippen LogP contribution in [0.4, 0.5) is 8.63 Å². The Kier molecular flexibility index (Phi) is 4.17. The van der Waals surface area contributed by atoms with E-state index in [4.69, 9.17) is 4.63 Å². The second-order valence-electron chi connectivity index (χ2n) is 8.42. The zero-order valence-corrected chi connectivity index (χ0v) is 18.7. The molecule has 0 radical (unpaired) electrons. The molecule has 0 bridgehead atoms. The van der Waals surface area contributed by atoms with Crippen molar-refractivity contribution in [3.05, 3.63) is 63.1 Å². The first kappa shape index (κ1) is 19.9. The van der Waals surface area contributed by atoms with E-state index < -0.39 is 6.97 Å². The monoisotopic (exact) mass is 422 g/mol. The SMILES string of the molecule is CCC1=C(C)C2=C(c3cccc4nonc34)c3c(C)c(CC)c(C)n3[B-](F)(F)[N+]2=C1C. The van der Waals surface area contributed by atoms with Crippen LogP contribution in [0.5, 0.6) is 0 Å². The highest BCUT2D eigenvalue weighted by atomic mass is 19.2. The fraction of sp³-hybridized carbons (Fsp3) is 0.348. The van der Waals surface area contributed by atoms with Crippen LogP contribution in [-0.2, 0) is 6.42 Å². The van der Waals surface area contributed by atoms with Crippen LogP contribution in [0.25, 0.3) is 16.6 Å². The number of hydrogen-bond acceptors (Lipinski definition) is 3. The zero-order valence-electron chi connectivity index (χ0n) is 18.7. The molecular weight excluding hydrogens is 397 g/mol. The molecule has 2 aliphatic rings. The highest BCUT2D eigenvalue weighted by Crippen LogP contribution is 2.47. The minimum absolute atomic E-state index is 0.575. The van der Waals surface area contributed by atoms with E-state index in [9.17, 15) is 0 Å². The number of halogens is 2. The van der Waals surface area contributed by atoms with E-state index in [1.54, 1.807) is 13.8 Å². The number of rotatable bonds is 3. The van der Waals surface area contributed by atoms with Gasteiger partial charge in [-0.25, -0.2) is 4.63 Å². The van der Waals surface area contributed by atoms with Gasteiger partial charge in [0.15, 0.2) is 5.70 Å². The number of hydrogen-bond donors (Lipinski definition) is 0. The number of allylic oxidation sites excluding steroid dienone is 2. The summed E-state index contributed by atoms with van der Waals surface area (Å²) in [5.74, 6) is 0. The average Bonchev–Trinajstić information content (AvgIpc) is 3.37. The Morgan fingerprint density at radius 1 is 1.06 bits per heavy atom. The summed E-state index contributed by atoms with van der Waals surface area (Å²) in [7, 11) is 0. The molecule has 2 aliphatic heterocycles. The molecule has 1 aromatic carbocycles. The van der Waals surface area contributed by atoms with Gasteiger partial charge in [0.25, 0.3) is 0 Å². The van der Waals surface area contributed by atoms with E-state index in [1.165, 1.54) is 8.96 Å². The van der Waals surface area contributed by atoms with Crippen molar-refractivity contribution in [3.8, 4) is 0 Å². The topological polar surface area (TPSA) is 46.9 Å². The van der Waals surface area contributed by atoms with Gasteiger partial charge in [0.1, 0.15) is 16.7 Å². The minimum atomic E-state index is -4.04. The lowest BCUT2D eigenvalue weighted by Crippen LogP contribution is -2.51. The molecule has 5 nitrogen and oxygen atoms in total. The van der Waals surface area contributed by atoms with Gasteiger partial charge in [-0.3, -0.25) is 0 Å². The Bertz CT molecular complexity index is 1370. The predicted molar refractivity (Wildman–Crippen MR) is 118 cm³/mol. The van der Waals surface area contributed by atoms with Gasteiger partial charge in [-0.2, -0.15) is 0 Å². The number of benzene rings is 1. The normalized spacial score (nSPS) is 17.8. The lowest BCUT2D eigenvalue weighted by Gasteiger charge is -2.34. The van der Waals surface area contributed by atoms with Gasteiger partial charge in [0.05, 0.1) is 5.57 Å². The van der Waals surface area contributed by atoms with Crippen LogP contribution >= 0.6 is 0 Å². The van der Waals surface area contributed by atoms with Crippen LogP contribution in [0, 0.1) is 13.8 Å². The van der Waals surface area contributed by atoms with Gasteiger partial charge < -0.3 is 17.6 Å². The molecular formula is C23H25BF2N4O.